The smallest absolute Gasteiger partial charge is 0.172 e. The standard InChI is InChI=1S/C17H21N3S/c1-11-7-8-12(2)15(10-11)14(4)19-17(21)20-16-13(3)6-5-9-18-16/h5-10,14H,1-4H3,(H2,18,19,20,21). The van der Waals surface area contributed by atoms with Crippen LogP contribution in [-0.2, 0) is 0 Å². The molecule has 1 unspecified atom stereocenters. The quantitative estimate of drug-likeness (QED) is 0.838. The molecule has 0 aliphatic heterocycles. The number of rotatable bonds is 3. The Morgan fingerprint density at radius 3 is 2.62 bits per heavy atom. The fourth-order valence-corrected chi connectivity index (χ4v) is 2.53. The largest absolute Gasteiger partial charge is 0.356 e. The number of pyridine rings is 1. The van der Waals surface area contributed by atoms with Crippen LogP contribution >= 0.6 is 12.2 Å². The molecule has 2 N–H and O–H groups in total. The van der Waals surface area contributed by atoms with E-state index >= 15 is 0 Å². The van der Waals surface area contributed by atoms with E-state index in [0.29, 0.717) is 5.11 Å². The molecule has 0 saturated heterocycles. The Morgan fingerprint density at radius 1 is 1.14 bits per heavy atom. The zero-order valence-electron chi connectivity index (χ0n) is 12.9. The molecule has 1 atom stereocenters. The number of nitrogens with zero attached hydrogens (tertiary/aromatic N) is 1. The van der Waals surface area contributed by atoms with Crippen LogP contribution in [0, 0.1) is 20.8 Å². The molecule has 3 nitrogen and oxygen atoms in total. The lowest BCUT2D eigenvalue weighted by Gasteiger charge is -2.19. The lowest BCUT2D eigenvalue weighted by atomic mass is 10.0. The normalized spacial score (nSPS) is 11.8. The van der Waals surface area contributed by atoms with Gasteiger partial charge in [0.25, 0.3) is 0 Å². The first kappa shape index (κ1) is 15.4. The molecule has 1 aromatic carbocycles. The number of hydrogen-bond acceptors (Lipinski definition) is 2. The Hall–Kier alpha value is -1.94. The van der Waals surface area contributed by atoms with E-state index in [9.17, 15) is 0 Å². The van der Waals surface area contributed by atoms with Gasteiger partial charge in [-0.25, -0.2) is 4.98 Å². The van der Waals surface area contributed by atoms with E-state index < -0.39 is 0 Å². The van der Waals surface area contributed by atoms with Crippen LogP contribution < -0.4 is 10.6 Å². The zero-order valence-corrected chi connectivity index (χ0v) is 13.7. The maximum Gasteiger partial charge on any atom is 0.172 e. The molecular weight excluding hydrogens is 278 g/mol. The molecule has 2 rings (SSSR count). The Bertz CT molecular complexity index is 652. The van der Waals surface area contributed by atoms with Gasteiger partial charge >= 0.3 is 0 Å². The predicted octanol–water partition coefficient (Wildman–Crippen LogP) is 4.05. The second-order valence-corrected chi connectivity index (χ2v) is 5.76. The van der Waals surface area contributed by atoms with Crippen molar-refractivity contribution in [1.82, 2.24) is 10.3 Å². The fraction of sp³-hybridized carbons (Fsp3) is 0.294. The summed E-state index contributed by atoms with van der Waals surface area (Å²) in [7, 11) is 0. The van der Waals surface area contributed by atoms with Crippen LogP contribution in [0.5, 0.6) is 0 Å². The van der Waals surface area contributed by atoms with E-state index in [1.165, 1.54) is 16.7 Å². The summed E-state index contributed by atoms with van der Waals surface area (Å²) in [6.45, 7) is 8.34. The van der Waals surface area contributed by atoms with Crippen molar-refractivity contribution in [2.75, 3.05) is 5.32 Å². The van der Waals surface area contributed by atoms with Crippen molar-refractivity contribution in [1.29, 1.82) is 0 Å². The van der Waals surface area contributed by atoms with Crippen molar-refractivity contribution < 1.29 is 0 Å². The molecule has 0 spiro atoms. The van der Waals surface area contributed by atoms with E-state index in [4.69, 9.17) is 12.2 Å². The van der Waals surface area contributed by atoms with Gasteiger partial charge in [0.15, 0.2) is 5.11 Å². The molecule has 2 aromatic rings. The maximum absolute atomic E-state index is 5.39. The molecule has 110 valence electrons. The summed E-state index contributed by atoms with van der Waals surface area (Å²) in [6.07, 6.45) is 1.76. The minimum atomic E-state index is 0.147. The third-order valence-corrected chi connectivity index (χ3v) is 3.71. The van der Waals surface area contributed by atoms with Gasteiger partial charge in [0.05, 0.1) is 6.04 Å². The minimum Gasteiger partial charge on any atom is -0.356 e. The third kappa shape index (κ3) is 4.02. The van der Waals surface area contributed by atoms with E-state index in [0.717, 1.165) is 11.4 Å². The number of anilines is 1. The zero-order chi connectivity index (χ0) is 15.4. The molecule has 1 aromatic heterocycles. The fourth-order valence-electron chi connectivity index (χ4n) is 2.26. The molecule has 0 radical (unpaired) electrons. The summed E-state index contributed by atoms with van der Waals surface area (Å²) < 4.78 is 0. The van der Waals surface area contributed by atoms with Crippen LogP contribution in [0.25, 0.3) is 0 Å². The Balaban J connectivity index is 2.06. The van der Waals surface area contributed by atoms with Gasteiger partial charge in [0.2, 0.25) is 0 Å². The predicted molar refractivity (Wildman–Crippen MR) is 92.7 cm³/mol. The highest BCUT2D eigenvalue weighted by Crippen LogP contribution is 2.19. The monoisotopic (exact) mass is 299 g/mol. The lowest BCUT2D eigenvalue weighted by molar-refractivity contribution is 0.716. The van der Waals surface area contributed by atoms with Crippen LogP contribution in [0.3, 0.4) is 0 Å². The molecule has 0 amide bonds. The van der Waals surface area contributed by atoms with Gasteiger partial charge in [-0.15, -0.1) is 0 Å². The minimum absolute atomic E-state index is 0.147. The lowest BCUT2D eigenvalue weighted by Crippen LogP contribution is -2.31. The molecule has 0 saturated carbocycles. The highest BCUT2D eigenvalue weighted by Gasteiger charge is 2.10. The highest BCUT2D eigenvalue weighted by atomic mass is 32.1. The second-order valence-electron chi connectivity index (χ2n) is 5.35. The van der Waals surface area contributed by atoms with E-state index in [1.807, 2.05) is 19.1 Å². The SMILES string of the molecule is Cc1ccc(C)c(C(C)NC(=S)Nc2ncccc2C)c1. The van der Waals surface area contributed by atoms with E-state index in [1.54, 1.807) is 6.20 Å². The molecule has 0 fully saturated rings. The van der Waals surface area contributed by atoms with Crippen molar-refractivity contribution in [3.05, 3.63) is 58.8 Å². The number of aryl methyl sites for hydroxylation is 3. The van der Waals surface area contributed by atoms with Crippen LogP contribution in [0.4, 0.5) is 5.82 Å². The van der Waals surface area contributed by atoms with Crippen molar-refractivity contribution in [2.24, 2.45) is 0 Å². The van der Waals surface area contributed by atoms with Crippen molar-refractivity contribution in [3.63, 3.8) is 0 Å². The first-order valence-electron chi connectivity index (χ1n) is 7.03. The number of aromatic nitrogens is 1. The Morgan fingerprint density at radius 2 is 1.90 bits per heavy atom. The van der Waals surface area contributed by atoms with Gasteiger partial charge in [-0.1, -0.05) is 29.8 Å². The molecule has 0 bridgehead atoms. The summed E-state index contributed by atoms with van der Waals surface area (Å²) in [6, 6.07) is 10.5. The van der Waals surface area contributed by atoms with Gasteiger partial charge in [0.1, 0.15) is 5.82 Å². The van der Waals surface area contributed by atoms with Gasteiger partial charge in [-0.3, -0.25) is 0 Å². The summed E-state index contributed by atoms with van der Waals surface area (Å²) in [4.78, 5) is 4.29. The van der Waals surface area contributed by atoms with Crippen LogP contribution in [-0.4, -0.2) is 10.1 Å². The third-order valence-electron chi connectivity index (χ3n) is 3.49. The highest BCUT2D eigenvalue weighted by molar-refractivity contribution is 7.80. The summed E-state index contributed by atoms with van der Waals surface area (Å²) >= 11 is 5.39. The van der Waals surface area contributed by atoms with Crippen molar-refractivity contribution in [3.8, 4) is 0 Å². The van der Waals surface area contributed by atoms with Crippen molar-refractivity contribution >= 4 is 23.1 Å². The molecule has 4 heteroatoms. The topological polar surface area (TPSA) is 37.0 Å². The van der Waals surface area contributed by atoms with Gasteiger partial charge in [-0.2, -0.15) is 0 Å². The molecule has 0 aliphatic carbocycles. The number of benzene rings is 1. The summed E-state index contributed by atoms with van der Waals surface area (Å²) in [5.41, 5.74) is 4.85. The van der Waals surface area contributed by atoms with Gasteiger partial charge in [0, 0.05) is 6.20 Å². The van der Waals surface area contributed by atoms with Crippen molar-refractivity contribution in [2.45, 2.75) is 33.7 Å². The molecule has 21 heavy (non-hydrogen) atoms. The average Bonchev–Trinajstić information content (AvgIpc) is 2.44. The first-order chi connectivity index (χ1) is 9.97. The van der Waals surface area contributed by atoms with Gasteiger partial charge < -0.3 is 10.6 Å². The molecule has 0 aliphatic rings. The Labute approximate surface area is 131 Å². The number of hydrogen-bond donors (Lipinski definition) is 2. The van der Waals surface area contributed by atoms with Crippen LogP contribution in [0.2, 0.25) is 0 Å². The summed E-state index contributed by atoms with van der Waals surface area (Å²) in [5, 5.41) is 7.06. The second kappa shape index (κ2) is 6.68. The van der Waals surface area contributed by atoms with E-state index in [2.05, 4.69) is 54.6 Å². The number of nitrogens with one attached hydrogen (secondary N) is 2. The van der Waals surface area contributed by atoms with Gasteiger partial charge in [-0.05, 0) is 62.7 Å². The van der Waals surface area contributed by atoms with Crippen LogP contribution in [0.15, 0.2) is 36.5 Å². The average molecular weight is 299 g/mol. The Kier molecular flexibility index (Phi) is 4.91. The first-order valence-corrected chi connectivity index (χ1v) is 7.44. The summed E-state index contributed by atoms with van der Waals surface area (Å²) in [5.74, 6) is 0.795. The molecular formula is C17H21N3S. The maximum atomic E-state index is 5.39. The molecule has 1 heterocycles. The van der Waals surface area contributed by atoms with Crippen LogP contribution in [0.1, 0.15) is 35.2 Å². The van der Waals surface area contributed by atoms with E-state index in [-0.39, 0.29) is 6.04 Å². The number of thiocarbonyl (C=S) groups is 1.